The Labute approximate surface area is 166 Å². The number of benzene rings is 1. The van der Waals surface area contributed by atoms with Crippen molar-refractivity contribution >= 4 is 17.2 Å². The molecule has 146 valence electrons. The quantitative estimate of drug-likeness (QED) is 0.567. The number of fused-ring (bicyclic) bond motifs is 1. The highest BCUT2D eigenvalue weighted by Crippen LogP contribution is 2.16. The minimum absolute atomic E-state index is 0.186. The second-order valence-corrected chi connectivity index (χ2v) is 6.64. The molecule has 0 saturated carbocycles. The van der Waals surface area contributed by atoms with E-state index in [9.17, 15) is 9.59 Å². The zero-order chi connectivity index (χ0) is 20.4. The molecule has 1 N–H and O–H groups in total. The zero-order valence-electron chi connectivity index (χ0n) is 16.2. The lowest BCUT2D eigenvalue weighted by Crippen LogP contribution is -2.28. The third-order valence-electron chi connectivity index (χ3n) is 4.60. The number of nitrogens with zero attached hydrogens (tertiary/aromatic N) is 5. The molecule has 0 radical (unpaired) electrons. The van der Waals surface area contributed by atoms with Gasteiger partial charge in [-0.2, -0.15) is 0 Å². The molecule has 3 heterocycles. The van der Waals surface area contributed by atoms with E-state index in [-0.39, 0.29) is 12.5 Å². The summed E-state index contributed by atoms with van der Waals surface area (Å²) in [5.74, 6) is 0.158. The first-order chi connectivity index (χ1) is 14.0. The summed E-state index contributed by atoms with van der Waals surface area (Å²) < 4.78 is 2.53. The van der Waals surface area contributed by atoms with Gasteiger partial charge in [0.15, 0.2) is 5.65 Å². The van der Waals surface area contributed by atoms with Crippen molar-refractivity contribution in [2.45, 2.75) is 26.8 Å². The van der Waals surface area contributed by atoms with Gasteiger partial charge in [-0.3, -0.25) is 9.78 Å². The third kappa shape index (κ3) is 3.77. The number of aryl methyl sites for hydroxylation is 2. The molecule has 0 unspecified atom stereocenters. The fourth-order valence-corrected chi connectivity index (χ4v) is 3.11. The Kier molecular flexibility index (Phi) is 4.90. The summed E-state index contributed by atoms with van der Waals surface area (Å²) >= 11 is 0. The SMILES string of the molecule is CCc1ccc(NC(=O)Cn2nc3cc(-c4ccccn4)nc(C)n3c2=O)cc1. The van der Waals surface area contributed by atoms with E-state index in [1.807, 2.05) is 42.5 Å². The van der Waals surface area contributed by atoms with Crippen molar-refractivity contribution in [3.8, 4) is 11.4 Å². The maximum atomic E-state index is 12.7. The predicted molar refractivity (Wildman–Crippen MR) is 110 cm³/mol. The van der Waals surface area contributed by atoms with Crippen molar-refractivity contribution in [3.05, 3.63) is 76.6 Å². The lowest BCUT2D eigenvalue weighted by atomic mass is 10.1. The van der Waals surface area contributed by atoms with E-state index in [1.54, 1.807) is 19.2 Å². The summed E-state index contributed by atoms with van der Waals surface area (Å²) in [7, 11) is 0. The van der Waals surface area contributed by atoms with Gasteiger partial charge in [-0.05, 0) is 43.2 Å². The number of amides is 1. The van der Waals surface area contributed by atoms with Gasteiger partial charge in [0.2, 0.25) is 5.91 Å². The van der Waals surface area contributed by atoms with Gasteiger partial charge in [0.1, 0.15) is 12.4 Å². The van der Waals surface area contributed by atoms with E-state index in [4.69, 9.17) is 0 Å². The van der Waals surface area contributed by atoms with Gasteiger partial charge in [-0.15, -0.1) is 5.10 Å². The van der Waals surface area contributed by atoms with Gasteiger partial charge in [-0.25, -0.2) is 18.9 Å². The minimum atomic E-state index is -0.408. The van der Waals surface area contributed by atoms with Crippen LogP contribution in [0.3, 0.4) is 0 Å². The molecule has 0 fully saturated rings. The van der Waals surface area contributed by atoms with Crippen LogP contribution in [0.2, 0.25) is 0 Å². The molecule has 8 nitrogen and oxygen atoms in total. The Hall–Kier alpha value is -3.81. The van der Waals surface area contributed by atoms with E-state index in [0.29, 0.717) is 28.5 Å². The summed E-state index contributed by atoms with van der Waals surface area (Å²) in [5.41, 5.74) is 3.18. The molecule has 0 aliphatic heterocycles. The summed E-state index contributed by atoms with van der Waals surface area (Å²) in [6, 6.07) is 14.8. The van der Waals surface area contributed by atoms with Crippen LogP contribution in [0.4, 0.5) is 5.69 Å². The van der Waals surface area contributed by atoms with Gasteiger partial charge in [-0.1, -0.05) is 25.1 Å². The summed E-state index contributed by atoms with van der Waals surface area (Å²) in [4.78, 5) is 33.8. The standard InChI is InChI=1S/C21H20N6O2/c1-3-15-7-9-16(10-8-15)24-20(28)13-26-21(29)27-14(2)23-18(12-19(27)25-26)17-6-4-5-11-22-17/h4-12H,3,13H2,1-2H3,(H,24,28). The molecule has 3 aromatic heterocycles. The molecular weight excluding hydrogens is 368 g/mol. The smallest absolute Gasteiger partial charge is 0.324 e. The first-order valence-corrected chi connectivity index (χ1v) is 9.32. The second kappa shape index (κ2) is 7.67. The van der Waals surface area contributed by atoms with Crippen molar-refractivity contribution in [2.24, 2.45) is 0 Å². The molecule has 29 heavy (non-hydrogen) atoms. The maximum Gasteiger partial charge on any atom is 0.352 e. The predicted octanol–water partition coefficient (Wildman–Crippen LogP) is 2.46. The summed E-state index contributed by atoms with van der Waals surface area (Å²) in [5, 5.41) is 7.10. The van der Waals surface area contributed by atoms with Gasteiger partial charge < -0.3 is 5.32 Å². The fraction of sp³-hybridized carbons (Fsp3) is 0.190. The highest BCUT2D eigenvalue weighted by molar-refractivity contribution is 5.90. The summed E-state index contributed by atoms with van der Waals surface area (Å²) in [6.07, 6.45) is 2.61. The largest absolute Gasteiger partial charge is 0.352 e. The van der Waals surface area contributed by atoms with Gasteiger partial charge >= 0.3 is 5.69 Å². The van der Waals surface area contributed by atoms with E-state index in [2.05, 4.69) is 27.3 Å². The van der Waals surface area contributed by atoms with Crippen LogP contribution in [0.1, 0.15) is 18.3 Å². The number of carbonyl (C=O) groups excluding carboxylic acids is 1. The topological polar surface area (TPSA) is 94.2 Å². The van der Waals surface area contributed by atoms with E-state index in [1.165, 1.54) is 9.96 Å². The van der Waals surface area contributed by atoms with Gasteiger partial charge in [0.25, 0.3) is 0 Å². The highest BCUT2D eigenvalue weighted by atomic mass is 16.2. The molecule has 4 aromatic rings. The first-order valence-electron chi connectivity index (χ1n) is 9.32. The number of carbonyl (C=O) groups is 1. The lowest BCUT2D eigenvalue weighted by Gasteiger charge is -2.05. The summed E-state index contributed by atoms with van der Waals surface area (Å²) in [6.45, 7) is 3.61. The van der Waals surface area contributed by atoms with E-state index in [0.717, 1.165) is 11.1 Å². The van der Waals surface area contributed by atoms with Gasteiger partial charge in [0.05, 0.1) is 11.4 Å². The third-order valence-corrected chi connectivity index (χ3v) is 4.60. The Morgan fingerprint density at radius 2 is 1.90 bits per heavy atom. The Morgan fingerprint density at radius 1 is 1.10 bits per heavy atom. The molecule has 0 spiro atoms. The van der Waals surface area contributed by atoms with Crippen LogP contribution in [0, 0.1) is 6.92 Å². The molecule has 0 atom stereocenters. The molecular formula is C21H20N6O2. The molecule has 0 aliphatic carbocycles. The van der Waals surface area contributed by atoms with Crippen LogP contribution < -0.4 is 11.0 Å². The number of nitrogens with one attached hydrogen (secondary N) is 1. The van der Waals surface area contributed by atoms with Crippen molar-refractivity contribution in [3.63, 3.8) is 0 Å². The number of pyridine rings is 1. The van der Waals surface area contributed by atoms with Gasteiger partial charge in [0, 0.05) is 18.0 Å². The number of rotatable bonds is 5. The van der Waals surface area contributed by atoms with Crippen molar-refractivity contribution in [2.75, 3.05) is 5.32 Å². The lowest BCUT2D eigenvalue weighted by molar-refractivity contribution is -0.117. The minimum Gasteiger partial charge on any atom is -0.324 e. The van der Waals surface area contributed by atoms with Crippen LogP contribution in [0.25, 0.3) is 17.0 Å². The number of hydrogen-bond acceptors (Lipinski definition) is 5. The number of aromatic nitrogens is 5. The van der Waals surface area contributed by atoms with E-state index < -0.39 is 5.69 Å². The van der Waals surface area contributed by atoms with Crippen molar-refractivity contribution in [1.82, 2.24) is 24.1 Å². The molecule has 1 amide bonds. The molecule has 0 bridgehead atoms. The average Bonchev–Trinajstić information content (AvgIpc) is 3.04. The average molecular weight is 388 g/mol. The number of anilines is 1. The fourth-order valence-electron chi connectivity index (χ4n) is 3.11. The molecule has 0 aliphatic rings. The van der Waals surface area contributed by atoms with Crippen LogP contribution in [0.15, 0.2) is 59.5 Å². The molecule has 4 rings (SSSR count). The van der Waals surface area contributed by atoms with Crippen molar-refractivity contribution < 1.29 is 4.79 Å². The second-order valence-electron chi connectivity index (χ2n) is 6.64. The molecule has 1 aromatic carbocycles. The Morgan fingerprint density at radius 3 is 2.59 bits per heavy atom. The molecule has 0 saturated heterocycles. The van der Waals surface area contributed by atoms with Crippen LogP contribution in [0.5, 0.6) is 0 Å². The number of hydrogen-bond donors (Lipinski definition) is 1. The van der Waals surface area contributed by atoms with Crippen LogP contribution in [-0.2, 0) is 17.8 Å². The first kappa shape index (κ1) is 18.5. The highest BCUT2D eigenvalue weighted by Gasteiger charge is 2.15. The Bertz CT molecular complexity index is 1230. The Balaban J connectivity index is 1.60. The van der Waals surface area contributed by atoms with Crippen LogP contribution >= 0.6 is 0 Å². The molecule has 8 heteroatoms. The van der Waals surface area contributed by atoms with E-state index >= 15 is 0 Å². The van der Waals surface area contributed by atoms with Crippen molar-refractivity contribution in [1.29, 1.82) is 0 Å². The normalized spacial score (nSPS) is 11.0. The zero-order valence-corrected chi connectivity index (χ0v) is 16.2. The monoisotopic (exact) mass is 388 g/mol. The maximum absolute atomic E-state index is 12.7. The van der Waals surface area contributed by atoms with Crippen LogP contribution in [-0.4, -0.2) is 30.1 Å².